The number of alkyl carbamates (subject to hydrolysis) is 1. The van der Waals surface area contributed by atoms with Gasteiger partial charge in [-0.2, -0.15) is 0 Å². The van der Waals surface area contributed by atoms with Crippen LogP contribution in [0.5, 0.6) is 0 Å². The van der Waals surface area contributed by atoms with Crippen molar-refractivity contribution in [1.29, 1.82) is 0 Å². The number of carbonyl (C=O) groups excluding carboxylic acids is 3. The Bertz CT molecular complexity index is 1560. The van der Waals surface area contributed by atoms with Crippen molar-refractivity contribution in [2.45, 2.75) is 71.9 Å². The van der Waals surface area contributed by atoms with Gasteiger partial charge in [-0.1, -0.05) is 119 Å². The molecule has 9 heteroatoms. The number of nitrogens with zero attached hydrogens (tertiary/aromatic N) is 2. The van der Waals surface area contributed by atoms with E-state index in [0.717, 1.165) is 32.8 Å². The predicted octanol–water partition coefficient (Wildman–Crippen LogP) is 7.13. The first-order valence-corrected chi connectivity index (χ1v) is 16.7. The molecule has 0 bridgehead atoms. The van der Waals surface area contributed by atoms with Gasteiger partial charge in [-0.3, -0.25) is 9.59 Å². The average Bonchev–Trinajstić information content (AvgIpc) is 3.38. The van der Waals surface area contributed by atoms with Crippen LogP contribution in [-0.4, -0.2) is 64.2 Å². The molecule has 2 N–H and O–H groups in total. The fourth-order valence-corrected chi connectivity index (χ4v) is 5.94. The number of rotatable bonds is 14. The number of aliphatic carboxylic acids is 1. The van der Waals surface area contributed by atoms with Crippen LogP contribution in [0.15, 0.2) is 84.9 Å². The number of fused-ring (bicyclic) bond motifs is 3. The highest BCUT2D eigenvalue weighted by atomic mass is 16.5. The maximum absolute atomic E-state index is 14.1. The molecule has 1 aliphatic carbocycles. The molecule has 0 aliphatic heterocycles. The van der Waals surface area contributed by atoms with Crippen LogP contribution in [0.1, 0.15) is 76.5 Å². The van der Waals surface area contributed by atoms with Gasteiger partial charge in [-0.05, 0) is 59.4 Å². The Hall–Kier alpha value is -4.92. The topological polar surface area (TPSA) is 116 Å². The van der Waals surface area contributed by atoms with Gasteiger partial charge in [0.1, 0.15) is 12.6 Å². The van der Waals surface area contributed by atoms with Gasteiger partial charge in [0.25, 0.3) is 5.91 Å². The van der Waals surface area contributed by atoms with Crippen molar-refractivity contribution < 1.29 is 29.0 Å². The summed E-state index contributed by atoms with van der Waals surface area (Å²) < 4.78 is 5.67. The number of ether oxygens (including phenoxy) is 1. The molecule has 0 saturated carbocycles. The molecule has 0 fully saturated rings. The Balaban J connectivity index is 1.52. The van der Waals surface area contributed by atoms with Gasteiger partial charge in [0, 0.05) is 18.9 Å². The number of carboxylic acids is 1. The Morgan fingerprint density at radius 2 is 1.42 bits per heavy atom. The molecule has 0 heterocycles. The third-order valence-corrected chi connectivity index (χ3v) is 8.34. The molecule has 0 radical (unpaired) electrons. The second-order valence-corrected chi connectivity index (χ2v) is 13.1. The van der Waals surface area contributed by atoms with E-state index in [2.05, 4.69) is 5.32 Å². The molecule has 48 heavy (non-hydrogen) atoms. The smallest absolute Gasteiger partial charge is 0.407 e. The molecule has 0 saturated heterocycles. The van der Waals surface area contributed by atoms with Crippen LogP contribution in [0.2, 0.25) is 0 Å². The molecular weight excluding hydrogens is 606 g/mol. The van der Waals surface area contributed by atoms with Gasteiger partial charge in [0.05, 0.1) is 0 Å². The van der Waals surface area contributed by atoms with Crippen LogP contribution in [0.3, 0.4) is 0 Å². The highest BCUT2D eigenvalue weighted by molar-refractivity contribution is 5.90. The van der Waals surface area contributed by atoms with E-state index >= 15 is 0 Å². The first-order chi connectivity index (χ1) is 23.0. The molecule has 0 spiro atoms. The lowest BCUT2D eigenvalue weighted by atomic mass is 9.98. The normalized spacial score (nSPS) is 13.6. The van der Waals surface area contributed by atoms with E-state index in [1.807, 2.05) is 107 Å². The number of hydrogen-bond acceptors (Lipinski definition) is 5. The lowest BCUT2D eigenvalue weighted by molar-refractivity contribution is -0.178. The molecule has 0 aromatic heterocycles. The van der Waals surface area contributed by atoms with Crippen LogP contribution >= 0.6 is 0 Å². The predicted molar refractivity (Wildman–Crippen MR) is 187 cm³/mol. The van der Waals surface area contributed by atoms with Crippen LogP contribution < -0.4 is 5.32 Å². The average molecular weight is 654 g/mol. The van der Waals surface area contributed by atoms with Gasteiger partial charge in [-0.25, -0.2) is 19.6 Å². The van der Waals surface area contributed by atoms with E-state index < -0.39 is 36.0 Å². The molecule has 254 valence electrons. The second kappa shape index (κ2) is 16.8. The molecule has 1 aliphatic rings. The maximum Gasteiger partial charge on any atom is 0.407 e. The number of hydrogen-bond donors (Lipinski definition) is 2. The molecule has 9 nitrogen and oxygen atoms in total. The van der Waals surface area contributed by atoms with E-state index in [1.165, 1.54) is 11.9 Å². The van der Waals surface area contributed by atoms with Crippen molar-refractivity contribution >= 4 is 30.0 Å². The summed E-state index contributed by atoms with van der Waals surface area (Å²) in [5.74, 6) is -2.36. The number of benzene rings is 3. The van der Waals surface area contributed by atoms with Gasteiger partial charge in [0.15, 0.2) is 6.04 Å². The lowest BCUT2D eigenvalue weighted by Crippen LogP contribution is -2.61. The Morgan fingerprint density at radius 1 is 0.833 bits per heavy atom. The molecule has 2 atom stereocenters. The first-order valence-electron chi connectivity index (χ1n) is 16.7. The summed E-state index contributed by atoms with van der Waals surface area (Å²) in [5, 5.41) is 15.3. The van der Waals surface area contributed by atoms with Crippen LogP contribution in [0, 0.1) is 11.8 Å². The zero-order valence-corrected chi connectivity index (χ0v) is 28.5. The lowest BCUT2D eigenvalue weighted by Gasteiger charge is -2.40. The number of carboxylic acid groups (broad SMARTS) is 1. The van der Waals surface area contributed by atoms with Crippen LogP contribution in [0.4, 0.5) is 4.79 Å². The summed E-state index contributed by atoms with van der Waals surface area (Å²) in [6.45, 7) is 9.38. The third kappa shape index (κ3) is 9.12. The van der Waals surface area contributed by atoms with E-state index in [-0.39, 0.29) is 43.7 Å². The Kier molecular flexibility index (Phi) is 12.5. The number of nitrogens with one attached hydrogen (secondary N) is 1. The largest absolute Gasteiger partial charge is 0.480 e. The van der Waals surface area contributed by atoms with Crippen LogP contribution in [0.25, 0.3) is 17.2 Å². The SMILES string of the molecule is CC(C)CCC(=O)N([C@@H](CC=Cc1ccccc1)C(=O)O)N(CC(C)C)C(=O)[C@@H](C)NC(=O)OCC1c2ccccc2-c2ccccc21. The maximum atomic E-state index is 14.1. The summed E-state index contributed by atoms with van der Waals surface area (Å²) in [4.78, 5) is 53.7. The van der Waals surface area contributed by atoms with E-state index in [0.29, 0.717) is 6.42 Å². The van der Waals surface area contributed by atoms with Gasteiger partial charge in [-0.15, -0.1) is 0 Å². The Labute approximate surface area is 283 Å². The molecule has 3 amide bonds. The summed E-state index contributed by atoms with van der Waals surface area (Å²) in [5.41, 5.74) is 5.22. The van der Waals surface area contributed by atoms with E-state index in [1.54, 1.807) is 12.2 Å². The van der Waals surface area contributed by atoms with Gasteiger partial charge >= 0.3 is 12.1 Å². The summed E-state index contributed by atoms with van der Waals surface area (Å²) in [6, 6.07) is 23.0. The summed E-state index contributed by atoms with van der Waals surface area (Å²) in [6.07, 6.45) is 3.29. The minimum atomic E-state index is -1.34. The van der Waals surface area contributed by atoms with Crippen molar-refractivity contribution in [1.82, 2.24) is 15.3 Å². The van der Waals surface area contributed by atoms with Crippen molar-refractivity contribution in [3.8, 4) is 11.1 Å². The minimum absolute atomic E-state index is 0.0201. The first kappa shape index (κ1) is 35.9. The molecule has 3 aromatic carbocycles. The van der Waals surface area contributed by atoms with Crippen molar-refractivity contribution in [2.24, 2.45) is 11.8 Å². The Morgan fingerprint density at radius 3 is 1.98 bits per heavy atom. The molecule has 4 rings (SSSR count). The second-order valence-electron chi connectivity index (χ2n) is 13.1. The number of amides is 3. The quantitative estimate of drug-likeness (QED) is 0.179. The number of hydrazine groups is 1. The third-order valence-electron chi connectivity index (χ3n) is 8.34. The summed E-state index contributed by atoms with van der Waals surface area (Å²) >= 11 is 0. The fourth-order valence-electron chi connectivity index (χ4n) is 5.94. The van der Waals surface area contributed by atoms with Gasteiger partial charge < -0.3 is 15.2 Å². The highest BCUT2D eigenvalue weighted by Gasteiger charge is 2.38. The van der Waals surface area contributed by atoms with Crippen molar-refractivity contribution in [3.05, 3.63) is 102 Å². The molecule has 0 unspecified atom stereocenters. The molecular formula is C39H47N3O6. The van der Waals surface area contributed by atoms with Crippen molar-refractivity contribution in [2.75, 3.05) is 13.2 Å². The zero-order valence-electron chi connectivity index (χ0n) is 28.5. The van der Waals surface area contributed by atoms with Crippen LogP contribution in [-0.2, 0) is 19.1 Å². The van der Waals surface area contributed by atoms with Crippen molar-refractivity contribution in [3.63, 3.8) is 0 Å². The van der Waals surface area contributed by atoms with E-state index in [4.69, 9.17) is 4.74 Å². The zero-order chi connectivity index (χ0) is 34.8. The fraction of sp³-hybridized carbons (Fsp3) is 0.385. The van der Waals surface area contributed by atoms with Gasteiger partial charge in [0.2, 0.25) is 5.91 Å². The standard InChI is InChI=1S/C39H47N3O6/c1-26(2)22-23-36(43)42(35(38(45)46)21-13-16-29-14-7-6-8-15-29)41(24-27(3)4)37(44)28(5)40-39(47)48-25-34-32-19-11-9-17-30(32)31-18-10-12-20-33(31)34/h6-20,26-28,34-35H,21-25H2,1-5H3,(H,40,47)(H,45,46)/t28-,35+/m1/s1. The monoisotopic (exact) mass is 653 g/mol. The highest BCUT2D eigenvalue weighted by Crippen LogP contribution is 2.44. The minimum Gasteiger partial charge on any atom is -0.480 e. The summed E-state index contributed by atoms with van der Waals surface area (Å²) in [7, 11) is 0. The number of carbonyl (C=O) groups is 4. The van der Waals surface area contributed by atoms with E-state index in [9.17, 15) is 24.3 Å². The molecule has 3 aromatic rings.